The molecule has 0 spiro atoms. The third-order valence-corrected chi connectivity index (χ3v) is 1.09. The van der Waals surface area contributed by atoms with E-state index in [2.05, 4.69) is 15.6 Å². The van der Waals surface area contributed by atoms with Crippen molar-refractivity contribution in [1.82, 2.24) is 0 Å². The molecule has 0 fully saturated rings. The summed E-state index contributed by atoms with van der Waals surface area (Å²) in [4.78, 5) is 0. The molecule has 1 rings (SSSR count). The van der Waals surface area contributed by atoms with E-state index in [1.807, 2.05) is 18.2 Å². The molecule has 1 heterocycles. The van der Waals surface area contributed by atoms with Gasteiger partial charge in [-0.25, -0.2) is 0 Å². The van der Waals surface area contributed by atoms with Crippen molar-refractivity contribution in [3.63, 3.8) is 0 Å². The standard InChI is InChI=1S/C5H4OSe/c7-5-3-1-2-4-6-5/h1-4H. The second kappa shape index (κ2) is 2.10. The molecule has 7 heavy (non-hydrogen) atoms. The Hall–Kier alpha value is -0.331. The fraction of sp³-hybridized carbons (Fsp3) is 0. The average molecular weight is 159 g/mol. The average Bonchev–Trinajstić information content (AvgIpc) is 1.69. The van der Waals surface area contributed by atoms with Gasteiger partial charge in [-0.2, -0.15) is 0 Å². The minimum absolute atomic E-state index is 0.822. The van der Waals surface area contributed by atoms with Gasteiger partial charge < -0.3 is 0 Å². The first-order valence-electron chi connectivity index (χ1n) is 1.93. The van der Waals surface area contributed by atoms with E-state index in [0.717, 1.165) is 4.26 Å². The molecule has 0 saturated heterocycles. The van der Waals surface area contributed by atoms with Gasteiger partial charge in [-0.1, -0.05) is 0 Å². The van der Waals surface area contributed by atoms with Crippen LogP contribution in [0.4, 0.5) is 0 Å². The van der Waals surface area contributed by atoms with Gasteiger partial charge in [0.15, 0.2) is 0 Å². The first-order valence-corrected chi connectivity index (χ1v) is 2.79. The molecule has 1 aromatic heterocycles. The summed E-state index contributed by atoms with van der Waals surface area (Å²) >= 11 is 2.74. The number of hydrogen-bond donors (Lipinski definition) is 0. The molecule has 0 aliphatic carbocycles. The van der Waals surface area contributed by atoms with Gasteiger partial charge in [-0.05, 0) is 0 Å². The summed E-state index contributed by atoms with van der Waals surface area (Å²) in [7, 11) is 0. The molecule has 0 aromatic carbocycles. The van der Waals surface area contributed by atoms with E-state index in [4.69, 9.17) is 4.42 Å². The number of rotatable bonds is 0. The molecule has 0 bridgehead atoms. The van der Waals surface area contributed by atoms with E-state index >= 15 is 0 Å². The summed E-state index contributed by atoms with van der Waals surface area (Å²) < 4.78 is 5.69. The van der Waals surface area contributed by atoms with Crippen LogP contribution >= 0.6 is 0 Å². The van der Waals surface area contributed by atoms with Crippen LogP contribution in [0.1, 0.15) is 0 Å². The first kappa shape index (κ1) is 4.82. The fourth-order valence-corrected chi connectivity index (χ4v) is 0.607. The van der Waals surface area contributed by atoms with E-state index in [1.165, 1.54) is 0 Å². The van der Waals surface area contributed by atoms with Gasteiger partial charge in [-0.15, -0.1) is 0 Å². The molecule has 0 N–H and O–H groups in total. The Balaban J connectivity index is 3.28. The molecule has 2 heteroatoms. The van der Waals surface area contributed by atoms with E-state index < -0.39 is 0 Å². The van der Waals surface area contributed by atoms with Crippen LogP contribution in [0.25, 0.3) is 0 Å². The molecular weight excluding hydrogens is 155 g/mol. The summed E-state index contributed by atoms with van der Waals surface area (Å²) in [5.41, 5.74) is 0. The zero-order chi connectivity index (χ0) is 5.11. The molecule has 0 unspecified atom stereocenters. The SMILES string of the molecule is [Se]=c1cccco1. The molecule has 1 nitrogen and oxygen atoms in total. The first-order chi connectivity index (χ1) is 3.39. The Bertz CT molecular complexity index is 174. The zero-order valence-electron chi connectivity index (χ0n) is 3.63. The van der Waals surface area contributed by atoms with Crippen LogP contribution in [-0.2, 0) is 0 Å². The summed E-state index contributed by atoms with van der Waals surface area (Å²) in [6.07, 6.45) is 1.63. The third-order valence-electron chi connectivity index (χ3n) is 0.606. The second-order valence-electron chi connectivity index (χ2n) is 1.12. The van der Waals surface area contributed by atoms with Crippen LogP contribution < -0.4 is 0 Å². The maximum atomic E-state index is 4.87. The summed E-state index contributed by atoms with van der Waals surface area (Å²) in [5, 5.41) is 0. The molecule has 0 amide bonds. The van der Waals surface area contributed by atoms with Crippen molar-refractivity contribution in [2.45, 2.75) is 0 Å². The fourth-order valence-electron chi connectivity index (χ4n) is 0.325. The van der Waals surface area contributed by atoms with Crippen LogP contribution in [0.15, 0.2) is 28.9 Å². The second-order valence-corrected chi connectivity index (χ2v) is 1.97. The third kappa shape index (κ3) is 1.30. The van der Waals surface area contributed by atoms with Crippen molar-refractivity contribution in [2.75, 3.05) is 0 Å². The van der Waals surface area contributed by atoms with E-state index in [-0.39, 0.29) is 0 Å². The summed E-state index contributed by atoms with van der Waals surface area (Å²) in [5.74, 6) is 0. The monoisotopic (exact) mass is 160 g/mol. The van der Waals surface area contributed by atoms with Crippen molar-refractivity contribution in [3.05, 3.63) is 28.7 Å². The molecule has 0 aliphatic heterocycles. The van der Waals surface area contributed by atoms with Crippen LogP contribution in [0.3, 0.4) is 0 Å². The van der Waals surface area contributed by atoms with Gasteiger partial charge in [0, 0.05) is 0 Å². The quantitative estimate of drug-likeness (QED) is 0.514. The molecule has 0 saturated carbocycles. The predicted molar refractivity (Wildman–Crippen MR) is 27.7 cm³/mol. The summed E-state index contributed by atoms with van der Waals surface area (Å²) in [6, 6.07) is 5.61. The Kier molecular flexibility index (Phi) is 1.45. The van der Waals surface area contributed by atoms with Crippen LogP contribution in [0.5, 0.6) is 0 Å². The van der Waals surface area contributed by atoms with Crippen molar-refractivity contribution in [1.29, 1.82) is 0 Å². The van der Waals surface area contributed by atoms with E-state index in [9.17, 15) is 0 Å². The molecule has 0 atom stereocenters. The van der Waals surface area contributed by atoms with Crippen molar-refractivity contribution >= 4 is 15.6 Å². The predicted octanol–water partition coefficient (Wildman–Crippen LogP) is 0.980. The van der Waals surface area contributed by atoms with Crippen LogP contribution in [-0.4, -0.2) is 15.6 Å². The maximum absolute atomic E-state index is 4.87. The molecule has 36 valence electrons. The van der Waals surface area contributed by atoms with E-state index in [1.54, 1.807) is 6.26 Å². The zero-order valence-corrected chi connectivity index (χ0v) is 5.34. The Morgan fingerprint density at radius 2 is 2.29 bits per heavy atom. The Labute approximate surface area is 49.3 Å². The summed E-state index contributed by atoms with van der Waals surface area (Å²) in [6.45, 7) is 0. The number of hydrogen-bond acceptors (Lipinski definition) is 1. The minimum atomic E-state index is 0.822. The molecule has 0 aliphatic rings. The molecule has 0 radical (unpaired) electrons. The van der Waals surface area contributed by atoms with Gasteiger partial charge in [0.1, 0.15) is 0 Å². The van der Waals surface area contributed by atoms with Gasteiger partial charge in [0.25, 0.3) is 0 Å². The van der Waals surface area contributed by atoms with Gasteiger partial charge >= 0.3 is 48.7 Å². The van der Waals surface area contributed by atoms with Crippen molar-refractivity contribution in [3.8, 4) is 0 Å². The van der Waals surface area contributed by atoms with Gasteiger partial charge in [0.05, 0.1) is 0 Å². The Morgan fingerprint density at radius 3 is 2.57 bits per heavy atom. The van der Waals surface area contributed by atoms with Crippen LogP contribution in [0.2, 0.25) is 0 Å². The molecular formula is C5H4OSe. The van der Waals surface area contributed by atoms with Gasteiger partial charge in [-0.3, -0.25) is 0 Å². The normalized spacial score (nSPS) is 8.57. The van der Waals surface area contributed by atoms with Crippen molar-refractivity contribution in [2.24, 2.45) is 0 Å². The van der Waals surface area contributed by atoms with Gasteiger partial charge in [0.2, 0.25) is 0 Å². The van der Waals surface area contributed by atoms with Crippen LogP contribution in [0, 0.1) is 4.26 Å². The Morgan fingerprint density at radius 1 is 1.43 bits per heavy atom. The van der Waals surface area contributed by atoms with E-state index in [0.29, 0.717) is 0 Å². The molecule has 1 aromatic rings. The van der Waals surface area contributed by atoms with Crippen molar-refractivity contribution < 1.29 is 4.42 Å². The topological polar surface area (TPSA) is 13.1 Å².